The van der Waals surface area contributed by atoms with Crippen molar-refractivity contribution in [2.45, 2.75) is 13.7 Å². The average Bonchev–Trinajstić information content (AvgIpc) is 2.98. The third-order valence-corrected chi connectivity index (χ3v) is 3.54. The highest BCUT2D eigenvalue weighted by molar-refractivity contribution is 6.06. The molecule has 0 N–H and O–H groups in total. The molecule has 0 radical (unpaired) electrons. The number of aryl methyl sites for hydroxylation is 2. The highest BCUT2D eigenvalue weighted by Gasteiger charge is 2.12. The first-order chi connectivity index (χ1) is 12.7. The number of nitrogens with zero attached hydrogens (tertiary/aromatic N) is 1. The summed E-state index contributed by atoms with van der Waals surface area (Å²) in [7, 11) is 0. The lowest BCUT2D eigenvalue weighted by Gasteiger charge is -2.07. The Morgan fingerprint density at radius 3 is 2.76 bits per heavy atom. The number of aromatic nitrogens is 1. The Morgan fingerprint density at radius 2 is 1.86 bits per heavy atom. The van der Waals surface area contributed by atoms with Gasteiger partial charge in [0.15, 0.2) is 17.5 Å². The van der Waals surface area contributed by atoms with E-state index in [0.29, 0.717) is 11.3 Å². The zero-order valence-electron chi connectivity index (χ0n) is 17.1. The molecule has 2 heterocycles. The Hall–Kier alpha value is -2.61. The molecule has 4 rings (SSSR count). The third kappa shape index (κ3) is 1.83. The van der Waals surface area contributed by atoms with Crippen molar-refractivity contribution in [1.82, 2.24) is 0 Å². The lowest BCUT2D eigenvalue weighted by molar-refractivity contribution is -0.599. The van der Waals surface area contributed by atoms with Crippen LogP contribution in [0.15, 0.2) is 59.1 Å². The van der Waals surface area contributed by atoms with Crippen molar-refractivity contribution < 1.29 is 17.2 Å². The van der Waals surface area contributed by atoms with E-state index in [1.165, 1.54) is 16.8 Å². The molecule has 0 fully saturated rings. The van der Waals surface area contributed by atoms with E-state index in [9.17, 15) is 0 Å². The van der Waals surface area contributed by atoms with Gasteiger partial charge in [-0.25, -0.2) is 0 Å². The first kappa shape index (κ1) is 7.41. The van der Waals surface area contributed by atoms with E-state index in [1.807, 2.05) is 36.4 Å². The van der Waals surface area contributed by atoms with Crippen LogP contribution in [0.1, 0.15) is 19.4 Å². The molecule has 102 valence electrons. The predicted molar refractivity (Wildman–Crippen MR) is 83.6 cm³/mol. The standard InChI is InChI=1S/C19H15NO/c1-13-10-11-20(12-14(13)2)17-8-5-7-16-15-6-3-4-9-18(15)21-19(16)17/h3-10,12H,1-2H3/i1D3,2D3. The SMILES string of the molecule is [2H]C([2H])([2H])c1c[c-][n+](-c2cccc3c2oc2ccccc23)cc1C([2H])([2H])[2H]. The smallest absolute Gasteiger partial charge is 0.175 e. The van der Waals surface area contributed by atoms with Crippen LogP contribution in [-0.2, 0) is 0 Å². The number of hydrogen-bond acceptors (Lipinski definition) is 1. The predicted octanol–water partition coefficient (Wildman–Crippen LogP) is 4.28. The summed E-state index contributed by atoms with van der Waals surface area (Å²) in [6.45, 7) is -5.10. The molecular weight excluding hydrogens is 258 g/mol. The van der Waals surface area contributed by atoms with Crippen molar-refractivity contribution in [2.24, 2.45) is 0 Å². The molecule has 2 nitrogen and oxygen atoms in total. The summed E-state index contributed by atoms with van der Waals surface area (Å²) in [5.41, 5.74) is 1.44. The van der Waals surface area contributed by atoms with Crippen LogP contribution < -0.4 is 4.57 Å². The zero-order valence-corrected chi connectivity index (χ0v) is 11.1. The molecule has 0 bridgehead atoms. The van der Waals surface area contributed by atoms with Gasteiger partial charge in [-0.05, 0) is 12.1 Å². The van der Waals surface area contributed by atoms with Gasteiger partial charge in [0.05, 0.1) is 6.20 Å². The molecule has 0 unspecified atom stereocenters. The molecule has 0 aliphatic heterocycles. The lowest BCUT2D eigenvalue weighted by atomic mass is 10.1. The second-order valence-electron chi connectivity index (χ2n) is 4.85. The largest absolute Gasteiger partial charge is 0.459 e. The molecule has 0 aliphatic rings. The maximum atomic E-state index is 7.74. The van der Waals surface area contributed by atoms with Crippen LogP contribution in [0.25, 0.3) is 27.6 Å². The van der Waals surface area contributed by atoms with Gasteiger partial charge in [0, 0.05) is 19.0 Å². The minimum absolute atomic E-state index is 0.226. The quantitative estimate of drug-likeness (QED) is 0.375. The number of furan rings is 1. The number of para-hydroxylation sites is 2. The summed E-state index contributed by atoms with van der Waals surface area (Å²) in [6, 6.07) is 14.4. The van der Waals surface area contributed by atoms with E-state index >= 15 is 0 Å². The molecule has 4 aromatic rings. The summed E-state index contributed by atoms with van der Waals surface area (Å²) in [5.74, 6) is 0. The summed E-state index contributed by atoms with van der Waals surface area (Å²) in [4.78, 5) is 0. The Balaban J connectivity index is 1.99. The van der Waals surface area contributed by atoms with Crippen LogP contribution in [0.5, 0.6) is 0 Å². The highest BCUT2D eigenvalue weighted by Crippen LogP contribution is 2.30. The molecule has 0 saturated heterocycles. The van der Waals surface area contributed by atoms with E-state index in [1.54, 1.807) is 6.07 Å². The first-order valence-corrected chi connectivity index (χ1v) is 6.55. The van der Waals surface area contributed by atoms with Gasteiger partial charge in [0.25, 0.3) is 0 Å². The maximum Gasteiger partial charge on any atom is 0.175 e. The van der Waals surface area contributed by atoms with Crippen molar-refractivity contribution in [3.63, 3.8) is 0 Å². The summed E-state index contributed by atoms with van der Waals surface area (Å²) < 4.78 is 53.5. The van der Waals surface area contributed by atoms with Gasteiger partial charge in [-0.3, -0.25) is 4.57 Å². The Morgan fingerprint density at radius 1 is 1.00 bits per heavy atom. The fourth-order valence-electron chi connectivity index (χ4n) is 2.51. The minimum Gasteiger partial charge on any atom is -0.459 e. The monoisotopic (exact) mass is 279 g/mol. The van der Waals surface area contributed by atoms with Gasteiger partial charge in [-0.2, -0.15) is 0 Å². The van der Waals surface area contributed by atoms with Gasteiger partial charge < -0.3 is 4.42 Å². The topological polar surface area (TPSA) is 17.0 Å². The van der Waals surface area contributed by atoms with Crippen molar-refractivity contribution in [1.29, 1.82) is 0 Å². The van der Waals surface area contributed by atoms with Crippen molar-refractivity contribution in [3.05, 3.63) is 72.1 Å². The molecule has 0 saturated carbocycles. The molecule has 2 aromatic heterocycles. The number of rotatable bonds is 1. The van der Waals surface area contributed by atoms with Crippen LogP contribution >= 0.6 is 0 Å². The van der Waals surface area contributed by atoms with E-state index in [2.05, 4.69) is 6.20 Å². The van der Waals surface area contributed by atoms with E-state index < -0.39 is 13.7 Å². The average molecular weight is 279 g/mol. The third-order valence-electron chi connectivity index (χ3n) is 3.54. The van der Waals surface area contributed by atoms with Crippen LogP contribution in [0, 0.1) is 19.9 Å². The molecular formula is C19H15NO. The Bertz CT molecular complexity index is 1160. The Kier molecular flexibility index (Phi) is 1.57. The maximum absolute atomic E-state index is 7.74. The van der Waals surface area contributed by atoms with E-state index in [0.717, 1.165) is 16.4 Å². The minimum atomic E-state index is -2.57. The first-order valence-electron chi connectivity index (χ1n) is 9.55. The van der Waals surface area contributed by atoms with Gasteiger partial charge in [0.2, 0.25) is 0 Å². The fraction of sp³-hybridized carbons (Fsp3) is 0.105. The highest BCUT2D eigenvalue weighted by atomic mass is 16.3. The van der Waals surface area contributed by atoms with Crippen LogP contribution in [-0.4, -0.2) is 0 Å². The molecule has 0 amide bonds. The number of fused-ring (bicyclic) bond motifs is 3. The van der Waals surface area contributed by atoms with Crippen LogP contribution in [0.4, 0.5) is 0 Å². The van der Waals surface area contributed by atoms with E-state index in [-0.39, 0.29) is 11.1 Å². The molecule has 2 heteroatoms. The lowest BCUT2D eigenvalue weighted by Crippen LogP contribution is -2.31. The second kappa shape index (κ2) is 4.45. The molecule has 2 aromatic carbocycles. The number of benzene rings is 2. The summed E-state index contributed by atoms with van der Waals surface area (Å²) in [6.07, 6.45) is 4.16. The van der Waals surface area contributed by atoms with Crippen molar-refractivity contribution in [3.8, 4) is 5.69 Å². The number of pyridine rings is 1. The molecule has 21 heavy (non-hydrogen) atoms. The van der Waals surface area contributed by atoms with E-state index in [4.69, 9.17) is 12.6 Å². The molecule has 0 spiro atoms. The summed E-state index contributed by atoms with van der Waals surface area (Å²) in [5, 5.41) is 1.84. The Labute approximate surface area is 131 Å². The fourth-order valence-corrected chi connectivity index (χ4v) is 2.51. The van der Waals surface area contributed by atoms with Crippen molar-refractivity contribution in [2.75, 3.05) is 0 Å². The van der Waals surface area contributed by atoms with Gasteiger partial charge >= 0.3 is 0 Å². The zero-order chi connectivity index (χ0) is 19.4. The summed E-state index contributed by atoms with van der Waals surface area (Å²) >= 11 is 0. The van der Waals surface area contributed by atoms with Gasteiger partial charge in [-0.15, -0.1) is 5.56 Å². The van der Waals surface area contributed by atoms with Crippen LogP contribution in [0.2, 0.25) is 0 Å². The van der Waals surface area contributed by atoms with Gasteiger partial charge in [0.1, 0.15) is 5.58 Å². The second-order valence-corrected chi connectivity index (χ2v) is 4.85. The van der Waals surface area contributed by atoms with Crippen LogP contribution in [0.3, 0.4) is 0 Å². The van der Waals surface area contributed by atoms with Gasteiger partial charge in [-0.1, -0.05) is 55.7 Å². The molecule has 0 aliphatic carbocycles. The van der Waals surface area contributed by atoms with Crippen molar-refractivity contribution >= 4 is 21.9 Å². The molecule has 0 atom stereocenters. The normalized spacial score (nSPS) is 16.8. The number of hydrogen-bond donors (Lipinski definition) is 0.